The maximum atomic E-state index is 12.6. The summed E-state index contributed by atoms with van der Waals surface area (Å²) in [5.41, 5.74) is 1.97. The number of hydrogen-bond donors (Lipinski definition) is 1. The number of para-hydroxylation sites is 1. The second kappa shape index (κ2) is 6.89. The van der Waals surface area contributed by atoms with Gasteiger partial charge in [-0.1, -0.05) is 18.2 Å². The first kappa shape index (κ1) is 15.6. The van der Waals surface area contributed by atoms with Gasteiger partial charge in [0.25, 0.3) is 5.91 Å². The predicted octanol–water partition coefficient (Wildman–Crippen LogP) is 3.87. The van der Waals surface area contributed by atoms with Gasteiger partial charge in [0.1, 0.15) is 5.82 Å². The number of nitrogens with zero attached hydrogens (tertiary/aromatic N) is 3. The van der Waals surface area contributed by atoms with Gasteiger partial charge in [0.15, 0.2) is 0 Å². The zero-order chi connectivity index (χ0) is 17.1. The SMILES string of the molecule is O=C(Nc1ccc(N2CCCCC2)nc1)c1cccc2cccnc12. The van der Waals surface area contributed by atoms with Crippen molar-refractivity contribution in [1.29, 1.82) is 0 Å². The van der Waals surface area contributed by atoms with Gasteiger partial charge in [-0.2, -0.15) is 0 Å². The number of rotatable bonds is 3. The van der Waals surface area contributed by atoms with Gasteiger partial charge in [0.2, 0.25) is 0 Å². The van der Waals surface area contributed by atoms with Gasteiger partial charge in [-0.3, -0.25) is 9.78 Å². The van der Waals surface area contributed by atoms with Gasteiger partial charge in [-0.25, -0.2) is 4.98 Å². The molecular formula is C20H20N4O. The number of anilines is 2. The minimum atomic E-state index is -0.170. The summed E-state index contributed by atoms with van der Waals surface area (Å²) in [6, 6.07) is 13.3. The van der Waals surface area contributed by atoms with E-state index in [4.69, 9.17) is 0 Å². The van der Waals surface area contributed by atoms with Crippen molar-refractivity contribution in [2.45, 2.75) is 19.3 Å². The molecule has 4 rings (SSSR count). The first-order valence-electron chi connectivity index (χ1n) is 8.67. The van der Waals surface area contributed by atoms with E-state index >= 15 is 0 Å². The predicted molar refractivity (Wildman–Crippen MR) is 100.0 cm³/mol. The highest BCUT2D eigenvalue weighted by atomic mass is 16.1. The Morgan fingerprint density at radius 2 is 1.80 bits per heavy atom. The number of piperidine rings is 1. The molecule has 126 valence electrons. The van der Waals surface area contributed by atoms with Gasteiger partial charge in [-0.05, 0) is 43.5 Å². The lowest BCUT2D eigenvalue weighted by atomic mass is 10.1. The Bertz CT molecular complexity index is 880. The second-order valence-electron chi connectivity index (χ2n) is 6.29. The molecule has 0 unspecified atom stereocenters. The lowest BCUT2D eigenvalue weighted by Gasteiger charge is -2.27. The van der Waals surface area contributed by atoms with Gasteiger partial charge < -0.3 is 10.2 Å². The summed E-state index contributed by atoms with van der Waals surface area (Å²) >= 11 is 0. The van der Waals surface area contributed by atoms with Crippen molar-refractivity contribution in [2.75, 3.05) is 23.3 Å². The molecule has 5 nitrogen and oxygen atoms in total. The van der Waals surface area contributed by atoms with Gasteiger partial charge in [-0.15, -0.1) is 0 Å². The molecule has 3 aromatic rings. The summed E-state index contributed by atoms with van der Waals surface area (Å²) in [5, 5.41) is 3.87. The van der Waals surface area contributed by atoms with Crippen LogP contribution in [0.5, 0.6) is 0 Å². The number of nitrogens with one attached hydrogen (secondary N) is 1. The third-order valence-corrected chi connectivity index (χ3v) is 4.56. The Balaban J connectivity index is 1.52. The van der Waals surface area contributed by atoms with Crippen LogP contribution in [0.25, 0.3) is 10.9 Å². The number of carbonyl (C=O) groups excluding carboxylic acids is 1. The molecular weight excluding hydrogens is 312 g/mol. The van der Waals surface area contributed by atoms with E-state index in [1.165, 1.54) is 19.3 Å². The first-order chi connectivity index (χ1) is 12.3. The topological polar surface area (TPSA) is 58.1 Å². The number of hydrogen-bond acceptors (Lipinski definition) is 4. The lowest BCUT2D eigenvalue weighted by molar-refractivity contribution is 0.102. The molecule has 2 aromatic heterocycles. The van der Waals surface area contributed by atoms with Crippen LogP contribution in [0.2, 0.25) is 0 Å². The molecule has 0 aliphatic carbocycles. The van der Waals surface area contributed by atoms with E-state index in [0.29, 0.717) is 16.8 Å². The van der Waals surface area contributed by atoms with Crippen LogP contribution in [0.15, 0.2) is 54.9 Å². The summed E-state index contributed by atoms with van der Waals surface area (Å²) in [4.78, 5) is 23.8. The fraction of sp³-hybridized carbons (Fsp3) is 0.250. The molecule has 25 heavy (non-hydrogen) atoms. The maximum Gasteiger partial charge on any atom is 0.257 e. The number of amides is 1. The zero-order valence-electron chi connectivity index (χ0n) is 14.0. The van der Waals surface area contributed by atoms with Gasteiger partial charge in [0, 0.05) is 24.7 Å². The smallest absolute Gasteiger partial charge is 0.257 e. The molecule has 0 spiro atoms. The average Bonchev–Trinajstić information content (AvgIpc) is 2.69. The molecule has 0 saturated carbocycles. The van der Waals surface area contributed by atoms with Crippen LogP contribution in [0.3, 0.4) is 0 Å². The van der Waals surface area contributed by atoms with E-state index < -0.39 is 0 Å². The molecule has 1 N–H and O–H groups in total. The third kappa shape index (κ3) is 3.31. The van der Waals surface area contributed by atoms with Gasteiger partial charge >= 0.3 is 0 Å². The number of aromatic nitrogens is 2. The Morgan fingerprint density at radius 1 is 0.960 bits per heavy atom. The first-order valence-corrected chi connectivity index (χ1v) is 8.67. The summed E-state index contributed by atoms with van der Waals surface area (Å²) in [6.07, 6.45) is 7.15. The molecule has 1 amide bonds. The molecule has 0 atom stereocenters. The number of fused-ring (bicyclic) bond motifs is 1. The summed E-state index contributed by atoms with van der Waals surface area (Å²) in [5.74, 6) is 0.807. The minimum Gasteiger partial charge on any atom is -0.357 e. The molecule has 1 saturated heterocycles. The third-order valence-electron chi connectivity index (χ3n) is 4.56. The molecule has 1 aliphatic heterocycles. The summed E-state index contributed by atoms with van der Waals surface area (Å²) in [6.45, 7) is 2.11. The lowest BCUT2D eigenvalue weighted by Crippen LogP contribution is -2.30. The number of benzene rings is 1. The van der Waals surface area contributed by atoms with E-state index in [0.717, 1.165) is 24.3 Å². The van der Waals surface area contributed by atoms with E-state index in [2.05, 4.69) is 20.2 Å². The second-order valence-corrected chi connectivity index (χ2v) is 6.29. The van der Waals surface area contributed by atoms with Crippen molar-refractivity contribution in [3.8, 4) is 0 Å². The Hall–Kier alpha value is -2.95. The van der Waals surface area contributed by atoms with Gasteiger partial charge in [0.05, 0.1) is 23.0 Å². The Kier molecular flexibility index (Phi) is 4.29. The van der Waals surface area contributed by atoms with E-state index in [-0.39, 0.29) is 5.91 Å². The van der Waals surface area contributed by atoms with Crippen molar-refractivity contribution in [1.82, 2.24) is 9.97 Å². The van der Waals surface area contributed by atoms with Crippen molar-refractivity contribution in [2.24, 2.45) is 0 Å². The van der Waals surface area contributed by atoms with Crippen molar-refractivity contribution in [3.05, 3.63) is 60.4 Å². The average molecular weight is 332 g/mol. The molecule has 0 bridgehead atoms. The molecule has 5 heteroatoms. The zero-order valence-corrected chi connectivity index (χ0v) is 14.0. The van der Waals surface area contributed by atoms with Crippen LogP contribution in [0, 0.1) is 0 Å². The minimum absolute atomic E-state index is 0.170. The monoisotopic (exact) mass is 332 g/mol. The van der Waals surface area contributed by atoms with E-state index in [9.17, 15) is 4.79 Å². The normalized spacial score (nSPS) is 14.5. The van der Waals surface area contributed by atoms with Crippen molar-refractivity contribution in [3.63, 3.8) is 0 Å². The molecule has 1 fully saturated rings. The maximum absolute atomic E-state index is 12.6. The van der Waals surface area contributed by atoms with Crippen LogP contribution in [0.1, 0.15) is 29.6 Å². The van der Waals surface area contributed by atoms with Crippen LogP contribution >= 0.6 is 0 Å². The molecule has 3 heterocycles. The standard InChI is InChI=1S/C20H20N4O/c25-20(17-8-4-6-15-7-5-11-21-19(15)17)23-16-9-10-18(22-14-16)24-12-2-1-3-13-24/h4-11,14H,1-3,12-13H2,(H,23,25). The van der Waals surface area contributed by atoms with Crippen LogP contribution < -0.4 is 10.2 Å². The Labute approximate surface area is 146 Å². The quantitative estimate of drug-likeness (QED) is 0.791. The largest absolute Gasteiger partial charge is 0.357 e. The van der Waals surface area contributed by atoms with E-state index in [1.807, 2.05) is 36.4 Å². The van der Waals surface area contributed by atoms with Crippen molar-refractivity contribution < 1.29 is 4.79 Å². The Morgan fingerprint density at radius 3 is 2.60 bits per heavy atom. The highest BCUT2D eigenvalue weighted by Crippen LogP contribution is 2.20. The van der Waals surface area contributed by atoms with Crippen LogP contribution in [0.4, 0.5) is 11.5 Å². The molecule has 1 aliphatic rings. The highest BCUT2D eigenvalue weighted by Gasteiger charge is 2.13. The van der Waals surface area contributed by atoms with Crippen LogP contribution in [-0.4, -0.2) is 29.0 Å². The van der Waals surface area contributed by atoms with E-state index in [1.54, 1.807) is 18.5 Å². The highest BCUT2D eigenvalue weighted by molar-refractivity contribution is 6.11. The fourth-order valence-electron chi connectivity index (χ4n) is 3.26. The number of carbonyl (C=O) groups is 1. The molecule has 0 radical (unpaired) electrons. The fourth-order valence-corrected chi connectivity index (χ4v) is 3.26. The summed E-state index contributed by atoms with van der Waals surface area (Å²) < 4.78 is 0. The van der Waals surface area contributed by atoms with Crippen LogP contribution in [-0.2, 0) is 0 Å². The van der Waals surface area contributed by atoms with Crippen molar-refractivity contribution >= 4 is 28.3 Å². The molecule has 1 aromatic carbocycles. The summed E-state index contributed by atoms with van der Waals surface area (Å²) in [7, 11) is 0. The number of pyridine rings is 2.